The fourth-order valence-electron chi connectivity index (χ4n) is 3.81. The molecule has 0 unspecified atom stereocenters. The van der Waals surface area contributed by atoms with Crippen LogP contribution in [0.15, 0.2) is 39.2 Å². The van der Waals surface area contributed by atoms with Crippen LogP contribution in [-0.4, -0.2) is 13.2 Å². The van der Waals surface area contributed by atoms with Gasteiger partial charge in [0.15, 0.2) is 0 Å². The van der Waals surface area contributed by atoms with Gasteiger partial charge in [0.2, 0.25) is 8.01 Å². The van der Waals surface area contributed by atoms with Gasteiger partial charge in [0, 0.05) is 16.6 Å². The number of benzene rings is 2. The van der Waals surface area contributed by atoms with Crippen LogP contribution in [0.2, 0.25) is 0 Å². The van der Waals surface area contributed by atoms with Crippen molar-refractivity contribution in [1.82, 2.24) is 0 Å². The third-order valence-electron chi connectivity index (χ3n) is 5.30. The summed E-state index contributed by atoms with van der Waals surface area (Å²) in [5.74, 6) is 3.52. The van der Waals surface area contributed by atoms with Crippen molar-refractivity contribution in [2.75, 3.05) is 13.2 Å². The molecule has 4 nitrogen and oxygen atoms in total. The van der Waals surface area contributed by atoms with E-state index in [1.807, 2.05) is 13.8 Å². The van der Waals surface area contributed by atoms with Crippen molar-refractivity contribution in [2.24, 2.45) is 0 Å². The first-order valence-corrected chi connectivity index (χ1v) is 12.8. The molecular formula is C26H35O4P. The van der Waals surface area contributed by atoms with E-state index < -0.39 is 8.01 Å². The fraction of sp³-hybridized carbons (Fsp3) is 0.462. The monoisotopic (exact) mass is 442 g/mol. The van der Waals surface area contributed by atoms with Gasteiger partial charge in [0.1, 0.15) is 22.7 Å². The molecule has 0 atom stereocenters. The lowest BCUT2D eigenvalue weighted by molar-refractivity contribution is 0.340. The summed E-state index contributed by atoms with van der Waals surface area (Å²) in [6.07, 6.45) is 6.28. The Morgan fingerprint density at radius 1 is 0.774 bits per heavy atom. The van der Waals surface area contributed by atoms with E-state index >= 15 is 0 Å². The number of rotatable bonds is 11. The first-order valence-electron chi connectivity index (χ1n) is 11.5. The molecule has 1 heterocycles. The largest absolute Gasteiger partial charge is 0.494 e. The highest BCUT2D eigenvalue weighted by atomic mass is 31.1. The molecule has 0 spiro atoms. The van der Waals surface area contributed by atoms with E-state index in [1.165, 1.54) is 0 Å². The second-order valence-corrected chi connectivity index (χ2v) is 8.94. The summed E-state index contributed by atoms with van der Waals surface area (Å²) in [4.78, 5) is 0. The van der Waals surface area contributed by atoms with Gasteiger partial charge in [0.25, 0.3) is 0 Å². The maximum Gasteiger partial charge on any atom is 0.244 e. The van der Waals surface area contributed by atoms with Crippen LogP contribution < -0.4 is 9.47 Å². The topological polar surface area (TPSA) is 44.7 Å². The molecule has 0 bridgehead atoms. The van der Waals surface area contributed by atoms with Crippen LogP contribution in [0.4, 0.5) is 0 Å². The first kappa shape index (κ1) is 23.3. The van der Waals surface area contributed by atoms with Gasteiger partial charge in [-0.3, -0.25) is 0 Å². The van der Waals surface area contributed by atoms with Crippen molar-refractivity contribution < 1.29 is 17.9 Å². The summed E-state index contributed by atoms with van der Waals surface area (Å²) in [5, 5.41) is 2.02. The van der Waals surface area contributed by atoms with Crippen LogP contribution in [-0.2, 0) is 12.8 Å². The number of hydrogen-bond donors (Lipinski definition) is 0. The molecule has 0 saturated heterocycles. The predicted molar refractivity (Wildman–Crippen MR) is 132 cm³/mol. The van der Waals surface area contributed by atoms with E-state index in [0.717, 1.165) is 83.1 Å². The van der Waals surface area contributed by atoms with Crippen molar-refractivity contribution in [1.29, 1.82) is 0 Å². The summed E-state index contributed by atoms with van der Waals surface area (Å²) in [7, 11) is -1.28. The second-order valence-electron chi connectivity index (χ2n) is 7.64. The summed E-state index contributed by atoms with van der Waals surface area (Å²) in [6, 6.07) is 8.39. The van der Waals surface area contributed by atoms with E-state index in [-0.39, 0.29) is 0 Å². The molecule has 1 aromatic heterocycles. The zero-order valence-corrected chi connectivity index (χ0v) is 20.2. The van der Waals surface area contributed by atoms with Gasteiger partial charge in [0.05, 0.1) is 13.2 Å². The Morgan fingerprint density at radius 2 is 1.23 bits per heavy atom. The molecule has 0 N–H and O–H groups in total. The van der Waals surface area contributed by atoms with Crippen molar-refractivity contribution in [2.45, 2.75) is 66.2 Å². The lowest BCUT2D eigenvalue weighted by Crippen LogP contribution is -1.96. The number of aryl methyl sites for hydroxylation is 2. The molecule has 0 saturated carbocycles. The van der Waals surface area contributed by atoms with Crippen LogP contribution >= 0.6 is 8.01 Å². The molecule has 0 radical (unpaired) electrons. The molecule has 0 aliphatic heterocycles. The van der Waals surface area contributed by atoms with Crippen molar-refractivity contribution in [3.05, 3.63) is 42.0 Å². The van der Waals surface area contributed by atoms with Gasteiger partial charge >= 0.3 is 0 Å². The average molecular weight is 443 g/mol. The van der Waals surface area contributed by atoms with Crippen LogP contribution in [0.3, 0.4) is 0 Å². The number of ether oxygens (including phenoxy) is 2. The van der Waals surface area contributed by atoms with E-state index in [1.54, 1.807) is 5.82 Å². The van der Waals surface area contributed by atoms with Crippen molar-refractivity contribution >= 4 is 35.8 Å². The molecule has 31 heavy (non-hydrogen) atoms. The summed E-state index contributed by atoms with van der Waals surface area (Å²) < 4.78 is 24.7. The quantitative estimate of drug-likeness (QED) is 0.297. The maximum atomic E-state index is 6.44. The lowest BCUT2D eigenvalue weighted by Gasteiger charge is -2.11. The van der Waals surface area contributed by atoms with Crippen LogP contribution in [0.1, 0.15) is 64.5 Å². The van der Waals surface area contributed by atoms with Crippen LogP contribution in [0, 0.1) is 0 Å². The molecule has 3 aromatic rings. The van der Waals surface area contributed by atoms with Gasteiger partial charge in [-0.2, -0.15) is 0 Å². The molecule has 3 rings (SSSR count). The molecule has 0 aliphatic rings. The highest BCUT2D eigenvalue weighted by molar-refractivity contribution is 7.47. The molecule has 168 valence electrons. The molecule has 5 heteroatoms. The smallest absolute Gasteiger partial charge is 0.244 e. The summed E-state index contributed by atoms with van der Waals surface area (Å²) in [5.41, 5.74) is 4.09. The average Bonchev–Trinajstić information content (AvgIpc) is 2.93. The van der Waals surface area contributed by atoms with Crippen LogP contribution in [0.25, 0.3) is 27.8 Å². The van der Waals surface area contributed by atoms with E-state index in [9.17, 15) is 0 Å². The van der Waals surface area contributed by atoms with Gasteiger partial charge in [-0.05, 0) is 74.9 Å². The Bertz CT molecular complexity index is 988. The first-order chi connectivity index (χ1) is 15.1. The third-order valence-corrected chi connectivity index (χ3v) is 6.33. The minimum Gasteiger partial charge on any atom is -0.494 e. The Balaban J connectivity index is 2.45. The minimum atomic E-state index is -1.28. The zero-order chi connectivity index (χ0) is 22.2. The molecule has 0 fully saturated rings. The van der Waals surface area contributed by atoms with Crippen LogP contribution in [0.5, 0.6) is 11.5 Å². The third kappa shape index (κ3) is 5.49. The molecule has 0 amide bonds. The Morgan fingerprint density at radius 3 is 1.58 bits per heavy atom. The Kier molecular flexibility index (Phi) is 8.54. The highest BCUT2D eigenvalue weighted by Gasteiger charge is 2.16. The number of fused-ring (bicyclic) bond motifs is 3. The second kappa shape index (κ2) is 11.3. The van der Waals surface area contributed by atoms with Gasteiger partial charge in [-0.15, -0.1) is 0 Å². The fourth-order valence-corrected chi connectivity index (χ4v) is 4.79. The summed E-state index contributed by atoms with van der Waals surface area (Å²) >= 11 is 0. The number of hydrogen-bond acceptors (Lipinski definition) is 4. The normalized spacial score (nSPS) is 11.1. The number of unbranched alkanes of at least 4 members (excludes halogenated alkanes) is 2. The molecular weight excluding hydrogens is 407 g/mol. The maximum absolute atomic E-state index is 6.44. The van der Waals surface area contributed by atoms with E-state index in [2.05, 4.69) is 44.7 Å². The minimum absolute atomic E-state index is 0.621. The predicted octanol–water partition coefficient (Wildman–Crippen LogP) is 8.87. The highest BCUT2D eigenvalue weighted by Crippen LogP contribution is 2.42. The van der Waals surface area contributed by atoms with Crippen molar-refractivity contribution in [3.63, 3.8) is 0 Å². The van der Waals surface area contributed by atoms with E-state index in [0.29, 0.717) is 13.2 Å². The Hall–Kier alpha value is -2.32. The zero-order valence-electron chi connectivity index (χ0n) is 19.3. The Labute approximate surface area is 186 Å². The van der Waals surface area contributed by atoms with Gasteiger partial charge in [-0.1, -0.05) is 33.3 Å². The van der Waals surface area contributed by atoms with Gasteiger partial charge < -0.3 is 17.9 Å². The lowest BCUT2D eigenvalue weighted by atomic mass is 10.00. The SMILES string of the molecule is C=Cp1oc2c(CCCC)cc(OCC)cc2c2cc(OCC)cc(CCCC)c2o1. The van der Waals surface area contributed by atoms with Gasteiger partial charge in [-0.25, -0.2) is 0 Å². The van der Waals surface area contributed by atoms with E-state index in [4.69, 9.17) is 17.9 Å². The standard InChI is InChI=1S/C26H35O4P/c1-6-11-13-19-15-21(27-8-3)17-23-24-18-22(28-9-4)16-20(14-12-7-2)26(24)30-31(10-5)29-25(19)23/h10,15-18H,5-9,11-14H2,1-4H3. The summed E-state index contributed by atoms with van der Waals surface area (Å²) in [6.45, 7) is 13.7. The molecule has 0 aliphatic carbocycles. The van der Waals surface area contributed by atoms with Crippen molar-refractivity contribution in [3.8, 4) is 11.5 Å². The molecule has 2 aromatic carbocycles.